The van der Waals surface area contributed by atoms with Gasteiger partial charge in [0, 0.05) is 33.9 Å². The van der Waals surface area contributed by atoms with Crippen molar-refractivity contribution in [2.45, 2.75) is 0 Å². The van der Waals surface area contributed by atoms with Gasteiger partial charge in [0.15, 0.2) is 0 Å². The van der Waals surface area contributed by atoms with Crippen LogP contribution in [0.15, 0.2) is 24.3 Å². The molecule has 0 aliphatic carbocycles. The van der Waals surface area contributed by atoms with Gasteiger partial charge in [0.2, 0.25) is 0 Å². The number of carboxylic acid groups (broad SMARTS) is 2. The van der Waals surface area contributed by atoms with Crippen LogP contribution < -0.4 is 9.64 Å². The first kappa shape index (κ1) is 22.7. The molecule has 0 aliphatic heterocycles. The van der Waals surface area contributed by atoms with Crippen molar-refractivity contribution in [3.8, 4) is 5.75 Å². The molecule has 0 unspecified atom stereocenters. The number of nitrogens with zero attached hydrogens (tertiary/aromatic N) is 2. The minimum absolute atomic E-state index is 0.167. The largest absolute Gasteiger partial charge is 0.490 e. The average molecular weight is 384 g/mol. The maximum atomic E-state index is 10.9. The zero-order valence-corrected chi connectivity index (χ0v) is 15.8. The standard InChI is InChI=1S/C18H28N2O7/c1-25-10-8-20(9-11-26-2)15-5-3-4-6-16(15)27-12-7-19(13-17(21)22)14-18(23)24/h3-6H,7-14H2,1-2H3,(H,21,22)(H,23,24). The Morgan fingerprint density at radius 2 is 1.44 bits per heavy atom. The second-order valence-electron chi connectivity index (χ2n) is 5.79. The predicted octanol–water partition coefficient (Wildman–Crippen LogP) is 0.636. The molecule has 0 aromatic heterocycles. The third kappa shape index (κ3) is 9.23. The SMILES string of the molecule is COCCN(CCOC)c1ccccc1OCCN(CC(=O)O)CC(=O)O. The van der Waals surface area contributed by atoms with Gasteiger partial charge in [0.1, 0.15) is 12.4 Å². The van der Waals surface area contributed by atoms with E-state index in [0.717, 1.165) is 5.69 Å². The van der Waals surface area contributed by atoms with Gasteiger partial charge < -0.3 is 29.3 Å². The summed E-state index contributed by atoms with van der Waals surface area (Å²) in [6.07, 6.45) is 0. The van der Waals surface area contributed by atoms with Crippen LogP contribution in [0, 0.1) is 0 Å². The summed E-state index contributed by atoms with van der Waals surface area (Å²) in [5.74, 6) is -1.53. The van der Waals surface area contributed by atoms with E-state index in [9.17, 15) is 9.59 Å². The number of aliphatic carboxylic acids is 2. The van der Waals surface area contributed by atoms with Crippen molar-refractivity contribution in [3.05, 3.63) is 24.3 Å². The lowest BCUT2D eigenvalue weighted by Crippen LogP contribution is -2.37. The Kier molecular flexibility index (Phi) is 10.8. The summed E-state index contributed by atoms with van der Waals surface area (Å²) in [6.45, 7) is 2.04. The van der Waals surface area contributed by atoms with Gasteiger partial charge >= 0.3 is 11.9 Å². The summed E-state index contributed by atoms with van der Waals surface area (Å²) >= 11 is 0. The van der Waals surface area contributed by atoms with E-state index in [4.69, 9.17) is 24.4 Å². The van der Waals surface area contributed by atoms with Gasteiger partial charge in [-0.15, -0.1) is 0 Å². The number of methoxy groups -OCH3 is 2. The first-order chi connectivity index (χ1) is 13.0. The molecule has 1 aromatic rings. The second-order valence-corrected chi connectivity index (χ2v) is 5.79. The number of benzene rings is 1. The quantitative estimate of drug-likeness (QED) is 0.450. The highest BCUT2D eigenvalue weighted by atomic mass is 16.5. The van der Waals surface area contributed by atoms with Crippen LogP contribution in [0.3, 0.4) is 0 Å². The number of ether oxygens (including phenoxy) is 3. The highest BCUT2D eigenvalue weighted by Gasteiger charge is 2.15. The number of carboxylic acids is 2. The lowest BCUT2D eigenvalue weighted by molar-refractivity contribution is -0.141. The highest BCUT2D eigenvalue weighted by Crippen LogP contribution is 2.27. The molecule has 0 amide bonds. The van der Waals surface area contributed by atoms with Crippen molar-refractivity contribution in [2.75, 3.05) is 71.7 Å². The van der Waals surface area contributed by atoms with Gasteiger partial charge in [0.25, 0.3) is 0 Å². The number of para-hydroxylation sites is 2. The van der Waals surface area contributed by atoms with Crippen LogP contribution in [0.1, 0.15) is 0 Å². The highest BCUT2D eigenvalue weighted by molar-refractivity contribution is 5.72. The molecule has 1 aromatic carbocycles. The summed E-state index contributed by atoms with van der Waals surface area (Å²) < 4.78 is 16.1. The molecule has 9 heteroatoms. The molecule has 2 N–H and O–H groups in total. The Bertz CT molecular complexity index is 559. The molecule has 152 valence electrons. The van der Waals surface area contributed by atoms with Gasteiger partial charge in [-0.25, -0.2) is 0 Å². The third-order valence-electron chi connectivity index (χ3n) is 3.72. The lowest BCUT2D eigenvalue weighted by atomic mass is 10.2. The molecular formula is C18H28N2O7. The Morgan fingerprint density at radius 3 is 1.96 bits per heavy atom. The molecule has 0 atom stereocenters. The van der Waals surface area contributed by atoms with Crippen LogP contribution in [0.4, 0.5) is 5.69 Å². The topological polar surface area (TPSA) is 109 Å². The van der Waals surface area contributed by atoms with E-state index < -0.39 is 11.9 Å². The summed E-state index contributed by atoms with van der Waals surface area (Å²) in [4.78, 5) is 25.1. The van der Waals surface area contributed by atoms with E-state index in [-0.39, 0.29) is 26.2 Å². The van der Waals surface area contributed by atoms with Crippen molar-refractivity contribution in [1.29, 1.82) is 0 Å². The molecule has 0 fully saturated rings. The van der Waals surface area contributed by atoms with Gasteiger partial charge in [-0.2, -0.15) is 0 Å². The molecule has 0 saturated heterocycles. The maximum Gasteiger partial charge on any atom is 0.317 e. The van der Waals surface area contributed by atoms with Gasteiger partial charge in [-0.3, -0.25) is 14.5 Å². The van der Waals surface area contributed by atoms with E-state index >= 15 is 0 Å². The number of hydrogen-bond acceptors (Lipinski definition) is 7. The lowest BCUT2D eigenvalue weighted by Gasteiger charge is -2.27. The van der Waals surface area contributed by atoms with Crippen molar-refractivity contribution in [2.24, 2.45) is 0 Å². The Labute approximate surface area is 159 Å². The van der Waals surface area contributed by atoms with Crippen LogP contribution in [0.5, 0.6) is 5.75 Å². The molecule has 1 rings (SSSR count). The maximum absolute atomic E-state index is 10.9. The molecule has 0 spiro atoms. The molecule has 0 saturated carbocycles. The summed E-state index contributed by atoms with van der Waals surface area (Å²) in [5, 5.41) is 17.8. The van der Waals surface area contributed by atoms with Crippen molar-refractivity contribution in [1.82, 2.24) is 4.90 Å². The van der Waals surface area contributed by atoms with E-state index in [1.54, 1.807) is 14.2 Å². The minimum atomic E-state index is -1.08. The van der Waals surface area contributed by atoms with Crippen LogP contribution in [0.25, 0.3) is 0 Å². The monoisotopic (exact) mass is 384 g/mol. The summed E-state index contributed by atoms with van der Waals surface area (Å²) in [5.41, 5.74) is 0.870. The number of carbonyl (C=O) groups is 2. The van der Waals surface area contributed by atoms with Crippen LogP contribution >= 0.6 is 0 Å². The van der Waals surface area contributed by atoms with E-state index in [1.807, 2.05) is 24.3 Å². The fraction of sp³-hybridized carbons (Fsp3) is 0.556. The van der Waals surface area contributed by atoms with E-state index in [0.29, 0.717) is 32.1 Å². The molecule has 0 radical (unpaired) electrons. The van der Waals surface area contributed by atoms with E-state index in [2.05, 4.69) is 4.90 Å². The van der Waals surface area contributed by atoms with Crippen LogP contribution in [-0.4, -0.2) is 93.8 Å². The molecule has 0 bridgehead atoms. The Balaban J connectivity index is 2.75. The zero-order chi connectivity index (χ0) is 20.1. The zero-order valence-electron chi connectivity index (χ0n) is 15.8. The summed E-state index contributed by atoms with van der Waals surface area (Å²) in [6, 6.07) is 7.49. The fourth-order valence-electron chi connectivity index (χ4n) is 2.48. The first-order valence-corrected chi connectivity index (χ1v) is 8.58. The Morgan fingerprint density at radius 1 is 0.889 bits per heavy atom. The molecule has 9 nitrogen and oxygen atoms in total. The molecular weight excluding hydrogens is 356 g/mol. The first-order valence-electron chi connectivity index (χ1n) is 8.58. The van der Waals surface area contributed by atoms with Gasteiger partial charge in [0.05, 0.1) is 32.0 Å². The van der Waals surface area contributed by atoms with E-state index in [1.165, 1.54) is 4.90 Å². The third-order valence-corrected chi connectivity index (χ3v) is 3.72. The minimum Gasteiger partial charge on any atom is -0.490 e. The number of hydrogen-bond donors (Lipinski definition) is 2. The molecule has 0 heterocycles. The number of anilines is 1. The average Bonchev–Trinajstić information content (AvgIpc) is 2.61. The normalized spacial score (nSPS) is 10.8. The second kappa shape index (κ2) is 12.9. The van der Waals surface area contributed by atoms with Crippen LogP contribution in [-0.2, 0) is 19.1 Å². The van der Waals surface area contributed by atoms with Crippen molar-refractivity contribution in [3.63, 3.8) is 0 Å². The van der Waals surface area contributed by atoms with Crippen LogP contribution in [0.2, 0.25) is 0 Å². The van der Waals surface area contributed by atoms with Gasteiger partial charge in [-0.05, 0) is 12.1 Å². The smallest absolute Gasteiger partial charge is 0.317 e. The van der Waals surface area contributed by atoms with Crippen molar-refractivity contribution < 1.29 is 34.0 Å². The molecule has 0 aliphatic rings. The predicted molar refractivity (Wildman–Crippen MR) is 99.6 cm³/mol. The van der Waals surface area contributed by atoms with Crippen molar-refractivity contribution >= 4 is 17.6 Å². The fourth-order valence-corrected chi connectivity index (χ4v) is 2.48. The Hall–Kier alpha value is -2.36. The number of rotatable bonds is 15. The van der Waals surface area contributed by atoms with Gasteiger partial charge in [-0.1, -0.05) is 12.1 Å². The summed E-state index contributed by atoms with van der Waals surface area (Å²) in [7, 11) is 3.27. The molecule has 27 heavy (non-hydrogen) atoms.